The lowest BCUT2D eigenvalue weighted by molar-refractivity contribution is 0.297. The first-order chi connectivity index (χ1) is 17.8. The van der Waals surface area contributed by atoms with Crippen molar-refractivity contribution in [3.05, 3.63) is 120 Å². The fraction of sp³-hybridized carbons (Fsp3) is 0.250. The van der Waals surface area contributed by atoms with Crippen molar-refractivity contribution in [1.29, 1.82) is 0 Å². The predicted molar refractivity (Wildman–Crippen MR) is 154 cm³/mol. The first kappa shape index (κ1) is 28.2. The van der Waals surface area contributed by atoms with E-state index in [1.165, 1.54) is 10.4 Å². The Morgan fingerprint density at radius 1 is 0.595 bits per heavy atom. The Balaban J connectivity index is 0.000000319. The molecule has 0 aliphatic heterocycles. The number of aliphatic hydroxyl groups excluding tert-OH is 1. The molecule has 0 fully saturated rings. The minimum Gasteiger partial charge on any atom is -0.508 e. The van der Waals surface area contributed by atoms with E-state index in [1.54, 1.807) is 24.3 Å². The molecule has 3 N–H and O–H groups in total. The van der Waals surface area contributed by atoms with Crippen LogP contribution in [-0.4, -0.2) is 36.9 Å². The lowest BCUT2D eigenvalue weighted by Crippen LogP contribution is -2.66. The summed E-state index contributed by atoms with van der Waals surface area (Å²) in [4.78, 5) is 0. The van der Waals surface area contributed by atoms with Gasteiger partial charge in [-0.3, -0.25) is 0 Å². The van der Waals surface area contributed by atoms with Crippen molar-refractivity contribution in [1.82, 2.24) is 0 Å². The molecule has 0 spiro atoms. The van der Waals surface area contributed by atoms with E-state index in [-0.39, 0.29) is 17.4 Å². The van der Waals surface area contributed by atoms with Gasteiger partial charge in [-0.2, -0.15) is 0 Å². The standard InChI is InChI=1S/C24H28O2Si.C8H10O2/c1-24(2,3)27(21-13-6-4-7-14-21,22-15-8-5-9-16-22)26-19-18-20-12-10-11-17-23(20)25;9-6-5-7-3-1-2-4-8(7)10/h4-17,25H,18-19H2,1-3H3;1-4,9-10H,5-6H2. The molecule has 0 aliphatic rings. The summed E-state index contributed by atoms with van der Waals surface area (Å²) in [5.74, 6) is 0.597. The van der Waals surface area contributed by atoms with Gasteiger partial charge in [-0.1, -0.05) is 118 Å². The number of rotatable bonds is 8. The Morgan fingerprint density at radius 2 is 1.00 bits per heavy atom. The van der Waals surface area contributed by atoms with E-state index < -0.39 is 8.32 Å². The molecule has 0 atom stereocenters. The highest BCUT2D eigenvalue weighted by Crippen LogP contribution is 2.37. The Kier molecular flexibility index (Phi) is 10.1. The molecule has 0 amide bonds. The zero-order valence-corrected chi connectivity index (χ0v) is 23.0. The third-order valence-electron chi connectivity index (χ3n) is 6.47. The topological polar surface area (TPSA) is 69.9 Å². The van der Waals surface area contributed by atoms with Crippen LogP contribution in [0, 0.1) is 0 Å². The lowest BCUT2D eigenvalue weighted by atomic mass is 10.1. The summed E-state index contributed by atoms with van der Waals surface area (Å²) in [6, 6.07) is 35.8. The number of phenolic OH excluding ortho intramolecular Hbond substituents is 2. The number of phenols is 2. The molecule has 4 rings (SSSR count). The van der Waals surface area contributed by atoms with Crippen molar-refractivity contribution >= 4 is 18.7 Å². The molecule has 4 aromatic carbocycles. The molecule has 0 saturated carbocycles. The smallest absolute Gasteiger partial charge is 0.261 e. The van der Waals surface area contributed by atoms with Gasteiger partial charge in [0, 0.05) is 13.2 Å². The number of aliphatic hydroxyl groups is 1. The molecule has 5 heteroatoms. The average molecular weight is 515 g/mol. The van der Waals surface area contributed by atoms with Gasteiger partial charge >= 0.3 is 0 Å². The van der Waals surface area contributed by atoms with E-state index in [9.17, 15) is 5.11 Å². The Morgan fingerprint density at radius 3 is 1.41 bits per heavy atom. The van der Waals surface area contributed by atoms with Crippen LogP contribution in [0.1, 0.15) is 31.9 Å². The third-order valence-corrected chi connectivity index (χ3v) is 11.5. The molecule has 0 aliphatic carbocycles. The third kappa shape index (κ3) is 7.10. The molecular formula is C32H38O4Si. The van der Waals surface area contributed by atoms with Gasteiger partial charge in [-0.05, 0) is 51.5 Å². The number of benzene rings is 4. The van der Waals surface area contributed by atoms with Gasteiger partial charge < -0.3 is 19.7 Å². The van der Waals surface area contributed by atoms with Crippen LogP contribution in [0.2, 0.25) is 5.04 Å². The summed E-state index contributed by atoms with van der Waals surface area (Å²) in [5, 5.41) is 30.3. The van der Waals surface area contributed by atoms with Crippen molar-refractivity contribution in [3.63, 3.8) is 0 Å². The molecule has 0 unspecified atom stereocenters. The fourth-order valence-corrected chi connectivity index (χ4v) is 9.20. The van der Waals surface area contributed by atoms with Gasteiger partial charge in [0.15, 0.2) is 0 Å². The van der Waals surface area contributed by atoms with Crippen LogP contribution in [-0.2, 0) is 17.3 Å². The number of para-hydroxylation sites is 2. The minimum atomic E-state index is -2.50. The van der Waals surface area contributed by atoms with Crippen molar-refractivity contribution in [2.24, 2.45) is 0 Å². The molecular weight excluding hydrogens is 476 g/mol. The first-order valence-corrected chi connectivity index (χ1v) is 14.6. The number of aromatic hydroxyl groups is 2. The van der Waals surface area contributed by atoms with Crippen molar-refractivity contribution in [2.75, 3.05) is 13.2 Å². The van der Waals surface area contributed by atoms with Crippen molar-refractivity contribution in [2.45, 2.75) is 38.7 Å². The number of hydrogen-bond donors (Lipinski definition) is 3. The highest BCUT2D eigenvalue weighted by Gasteiger charge is 2.49. The van der Waals surface area contributed by atoms with Crippen LogP contribution in [0.4, 0.5) is 0 Å². The maximum atomic E-state index is 10.1. The molecule has 4 nitrogen and oxygen atoms in total. The zero-order valence-electron chi connectivity index (χ0n) is 22.0. The van der Waals surface area contributed by atoms with Crippen LogP contribution in [0.25, 0.3) is 0 Å². The quantitative estimate of drug-likeness (QED) is 0.274. The summed E-state index contributed by atoms with van der Waals surface area (Å²) >= 11 is 0. The molecule has 194 valence electrons. The van der Waals surface area contributed by atoms with Gasteiger partial charge in [0.25, 0.3) is 8.32 Å². The van der Waals surface area contributed by atoms with Crippen molar-refractivity contribution in [3.8, 4) is 11.5 Å². The van der Waals surface area contributed by atoms with Gasteiger partial charge in [0.2, 0.25) is 0 Å². The summed E-state index contributed by atoms with van der Waals surface area (Å²) in [7, 11) is -2.50. The number of hydrogen-bond acceptors (Lipinski definition) is 4. The second kappa shape index (κ2) is 13.2. The average Bonchev–Trinajstić information content (AvgIpc) is 2.90. The maximum Gasteiger partial charge on any atom is 0.261 e. The first-order valence-electron chi connectivity index (χ1n) is 12.7. The normalized spacial score (nSPS) is 11.5. The monoisotopic (exact) mass is 514 g/mol. The SMILES string of the molecule is CC(C)(C)[Si](OCCc1ccccc1O)(c1ccccc1)c1ccccc1.OCCc1ccccc1O. The second-order valence-corrected chi connectivity index (χ2v) is 14.3. The molecule has 37 heavy (non-hydrogen) atoms. The second-order valence-electron chi connectivity index (χ2n) is 9.99. The van der Waals surface area contributed by atoms with E-state index in [0.29, 0.717) is 25.2 Å². The largest absolute Gasteiger partial charge is 0.508 e. The summed E-state index contributed by atoms with van der Waals surface area (Å²) in [5.41, 5.74) is 1.72. The Bertz CT molecular complexity index is 1180. The van der Waals surface area contributed by atoms with E-state index in [4.69, 9.17) is 14.6 Å². The van der Waals surface area contributed by atoms with Crippen LogP contribution < -0.4 is 10.4 Å². The highest BCUT2D eigenvalue weighted by molar-refractivity contribution is 6.99. The zero-order chi connectivity index (χ0) is 26.7. The van der Waals surface area contributed by atoms with Crippen LogP contribution >= 0.6 is 0 Å². The molecule has 0 saturated heterocycles. The Labute approximate surface area is 222 Å². The molecule has 0 radical (unpaired) electrons. The van der Waals surface area contributed by atoms with Gasteiger partial charge in [-0.25, -0.2) is 0 Å². The minimum absolute atomic E-state index is 0.0333. The van der Waals surface area contributed by atoms with E-state index >= 15 is 0 Å². The van der Waals surface area contributed by atoms with E-state index in [1.807, 2.05) is 24.3 Å². The maximum absolute atomic E-state index is 10.1. The summed E-state index contributed by atoms with van der Waals surface area (Å²) in [6.45, 7) is 7.49. The molecule has 4 aromatic rings. The molecule has 0 bridgehead atoms. The summed E-state index contributed by atoms with van der Waals surface area (Å²) < 4.78 is 6.85. The van der Waals surface area contributed by atoms with E-state index in [0.717, 1.165) is 11.1 Å². The highest BCUT2D eigenvalue weighted by atomic mass is 28.4. The van der Waals surface area contributed by atoms with Crippen molar-refractivity contribution < 1.29 is 19.7 Å². The lowest BCUT2D eigenvalue weighted by Gasteiger charge is -2.43. The Hall–Kier alpha value is -3.38. The van der Waals surface area contributed by atoms with Gasteiger partial charge in [0.1, 0.15) is 11.5 Å². The summed E-state index contributed by atoms with van der Waals surface area (Å²) in [6.07, 6.45) is 1.21. The molecule has 0 aromatic heterocycles. The fourth-order valence-electron chi connectivity index (χ4n) is 4.64. The molecule has 0 heterocycles. The van der Waals surface area contributed by atoms with Crippen LogP contribution in [0.3, 0.4) is 0 Å². The van der Waals surface area contributed by atoms with Gasteiger partial charge in [-0.15, -0.1) is 0 Å². The van der Waals surface area contributed by atoms with Gasteiger partial charge in [0.05, 0.1) is 0 Å². The predicted octanol–water partition coefficient (Wildman–Crippen LogP) is 5.44. The van der Waals surface area contributed by atoms with Crippen LogP contribution in [0.15, 0.2) is 109 Å². The van der Waals surface area contributed by atoms with Crippen LogP contribution in [0.5, 0.6) is 11.5 Å². The van der Waals surface area contributed by atoms with E-state index in [2.05, 4.69) is 81.4 Å².